The maximum Gasteiger partial charge on any atom is 0.303 e. The van der Waals surface area contributed by atoms with E-state index in [-0.39, 0.29) is 42.6 Å². The summed E-state index contributed by atoms with van der Waals surface area (Å²) >= 11 is 0. The third-order valence-corrected chi connectivity index (χ3v) is 3.80. The lowest BCUT2D eigenvalue weighted by Gasteiger charge is -2.13. The molecule has 1 rings (SSSR count). The predicted molar refractivity (Wildman–Crippen MR) is 95.6 cm³/mol. The third-order valence-electron chi connectivity index (χ3n) is 3.80. The van der Waals surface area contributed by atoms with E-state index < -0.39 is 12.1 Å². The van der Waals surface area contributed by atoms with Gasteiger partial charge in [0.15, 0.2) is 5.78 Å². The zero-order chi connectivity index (χ0) is 19.5. The molecule has 0 fully saturated rings. The fourth-order valence-electron chi connectivity index (χ4n) is 2.48. The molecule has 0 aromatic carbocycles. The molecule has 0 saturated heterocycles. The number of ketones is 1. The maximum absolute atomic E-state index is 12.0. The molecule has 2 N–H and O–H groups in total. The highest BCUT2D eigenvalue weighted by atomic mass is 16.4. The van der Waals surface area contributed by atoms with Gasteiger partial charge >= 0.3 is 5.97 Å². The zero-order valence-electron chi connectivity index (χ0n) is 16.1. The van der Waals surface area contributed by atoms with Crippen molar-refractivity contribution in [2.45, 2.75) is 51.6 Å². The Morgan fingerprint density at radius 3 is 2.92 bits per heavy atom. The summed E-state index contributed by atoms with van der Waals surface area (Å²) in [6, 6.07) is 0.350. The van der Waals surface area contributed by atoms with Gasteiger partial charge in [-0.05, 0) is 38.2 Å². The monoisotopic (exact) mass is 334 g/mol. The van der Waals surface area contributed by atoms with Crippen LogP contribution in [0.4, 0.5) is 0 Å². The molecule has 1 aliphatic rings. The Hall–Kier alpha value is -1.94. The third kappa shape index (κ3) is 8.06. The van der Waals surface area contributed by atoms with Crippen molar-refractivity contribution in [3.05, 3.63) is 48.6 Å². The quantitative estimate of drug-likeness (QED) is 0.445. The number of aliphatic hydroxyl groups is 1. The molecular weight excluding hydrogens is 304 g/mol. The largest absolute Gasteiger partial charge is 0.481 e. The topological polar surface area (TPSA) is 74.6 Å². The lowest BCUT2D eigenvalue weighted by molar-refractivity contribution is -0.137. The van der Waals surface area contributed by atoms with E-state index in [1.807, 2.05) is 18.2 Å². The predicted octanol–water partition coefficient (Wildman–Crippen LogP) is 3.83. The van der Waals surface area contributed by atoms with Crippen LogP contribution >= 0.6 is 0 Å². The number of aliphatic carboxylic acids is 1. The van der Waals surface area contributed by atoms with Gasteiger partial charge in [0, 0.05) is 18.3 Å². The van der Waals surface area contributed by atoms with Crippen LogP contribution in [0.2, 0.25) is 0 Å². The van der Waals surface area contributed by atoms with Crippen LogP contribution in [0.1, 0.15) is 48.2 Å². The molecule has 4 heteroatoms. The normalized spacial score (nSPS) is 24.3. The number of allylic oxidation sites excluding steroid dienone is 6. The molecule has 0 saturated carbocycles. The van der Waals surface area contributed by atoms with Crippen LogP contribution < -0.4 is 0 Å². The number of carboxylic acids is 1. The summed E-state index contributed by atoms with van der Waals surface area (Å²) in [4.78, 5) is 22.4. The summed E-state index contributed by atoms with van der Waals surface area (Å²) in [7, 11) is 0. The molecule has 1 aliphatic carbocycles. The molecule has 24 heavy (non-hydrogen) atoms. The van der Waals surface area contributed by atoms with Gasteiger partial charge in [-0.25, -0.2) is 0 Å². The molecule has 0 aromatic heterocycles. The zero-order valence-corrected chi connectivity index (χ0v) is 14.1. The van der Waals surface area contributed by atoms with Gasteiger partial charge in [-0.3, -0.25) is 9.59 Å². The molecule has 0 bridgehead atoms. The fourth-order valence-corrected chi connectivity index (χ4v) is 2.48. The van der Waals surface area contributed by atoms with Crippen LogP contribution in [0.3, 0.4) is 0 Å². The molecular formula is C20H28O4. The minimum Gasteiger partial charge on any atom is -0.481 e. The Kier molecular flexibility index (Phi) is 8.15. The van der Waals surface area contributed by atoms with Crippen LogP contribution in [0, 0.1) is 11.8 Å². The first-order valence-electron chi connectivity index (χ1n) is 9.45. The molecule has 0 aliphatic heterocycles. The molecule has 0 aromatic rings. The fraction of sp³-hybridized carbons (Fsp3) is 0.500. The van der Waals surface area contributed by atoms with Crippen LogP contribution in [0.25, 0.3) is 0 Å². The van der Waals surface area contributed by atoms with Crippen molar-refractivity contribution in [3.63, 3.8) is 0 Å². The summed E-state index contributed by atoms with van der Waals surface area (Å²) in [6.45, 7) is 1.80. The van der Waals surface area contributed by atoms with E-state index in [4.69, 9.17) is 7.85 Å². The number of rotatable bonds is 11. The second-order valence-electron chi connectivity index (χ2n) is 5.80. The van der Waals surface area contributed by atoms with E-state index in [9.17, 15) is 14.7 Å². The molecule has 0 unspecified atom stereocenters. The Morgan fingerprint density at radius 2 is 2.21 bits per heavy atom. The number of carbonyl (C=O) groups excluding carboxylic acids is 1. The van der Waals surface area contributed by atoms with Crippen molar-refractivity contribution >= 4 is 11.8 Å². The number of carbonyl (C=O) groups is 2. The van der Waals surface area contributed by atoms with Gasteiger partial charge in [0.1, 0.15) is 0 Å². The molecule has 0 spiro atoms. The minimum atomic E-state index is -0.842. The average Bonchev–Trinajstić information content (AvgIpc) is 2.95. The highest BCUT2D eigenvalue weighted by Gasteiger charge is 2.27. The van der Waals surface area contributed by atoms with Crippen LogP contribution in [0.15, 0.2) is 48.6 Å². The van der Waals surface area contributed by atoms with Gasteiger partial charge in [-0.2, -0.15) is 0 Å². The van der Waals surface area contributed by atoms with Crippen LogP contribution in [0.5, 0.6) is 0 Å². The average molecular weight is 334 g/mol. The summed E-state index contributed by atoms with van der Waals surface area (Å²) < 4.78 is 15.3. The minimum absolute atomic E-state index is 0.0461. The highest BCUT2D eigenvalue weighted by Crippen LogP contribution is 2.27. The van der Waals surface area contributed by atoms with Gasteiger partial charge in [-0.1, -0.05) is 49.4 Å². The van der Waals surface area contributed by atoms with Gasteiger partial charge in [-0.15, -0.1) is 0 Å². The first-order chi connectivity index (χ1) is 12.3. The van der Waals surface area contributed by atoms with E-state index in [2.05, 4.69) is 0 Å². The SMILES string of the molecule is [2H]/C(CC)=C(\[2H])C[C@H](O)/C=C/[C@H]1C=CC(=O)[C@H]1C/C=C\CCCC(=O)O. The van der Waals surface area contributed by atoms with Crippen molar-refractivity contribution < 1.29 is 22.5 Å². The second-order valence-corrected chi connectivity index (χ2v) is 5.80. The Labute approximate surface area is 147 Å². The van der Waals surface area contributed by atoms with Gasteiger partial charge in [0.25, 0.3) is 0 Å². The van der Waals surface area contributed by atoms with E-state index in [1.54, 1.807) is 25.2 Å². The van der Waals surface area contributed by atoms with Crippen LogP contribution in [-0.4, -0.2) is 28.1 Å². The van der Waals surface area contributed by atoms with E-state index in [0.29, 0.717) is 25.7 Å². The summed E-state index contributed by atoms with van der Waals surface area (Å²) in [5, 5.41) is 18.6. The van der Waals surface area contributed by atoms with Crippen molar-refractivity contribution in [3.8, 4) is 0 Å². The Balaban J connectivity index is 2.51. The summed E-state index contributed by atoms with van der Waals surface area (Å²) in [5.74, 6) is -1.06. The number of aliphatic hydroxyl groups excluding tert-OH is 1. The van der Waals surface area contributed by atoms with Crippen molar-refractivity contribution in [1.82, 2.24) is 0 Å². The lowest BCUT2D eigenvalue weighted by atomic mass is 9.90. The van der Waals surface area contributed by atoms with Gasteiger partial charge in [0.05, 0.1) is 8.85 Å². The van der Waals surface area contributed by atoms with E-state index >= 15 is 0 Å². The molecule has 4 nitrogen and oxygen atoms in total. The number of hydrogen-bond acceptors (Lipinski definition) is 3. The van der Waals surface area contributed by atoms with Crippen molar-refractivity contribution in [1.29, 1.82) is 0 Å². The van der Waals surface area contributed by atoms with Crippen LogP contribution in [-0.2, 0) is 9.59 Å². The second kappa shape index (κ2) is 11.6. The number of unbranched alkanes of at least 4 members (excludes halogenated alkanes) is 1. The Bertz CT molecular complexity index is 605. The standard InChI is InChI=1S/C20H28O4/c1-2-3-6-9-17(21)14-12-16-13-15-19(22)18(16)10-7-4-5-8-11-20(23)24/h3-4,6-7,12-18,21H,2,5,8-11H2,1H3,(H,23,24)/b6-3-,7-4-,14-12+/t16-,17-,18-/m0/s1/i3D,6D. The molecule has 0 heterocycles. The number of hydrogen-bond donors (Lipinski definition) is 2. The Morgan fingerprint density at radius 1 is 1.42 bits per heavy atom. The maximum atomic E-state index is 12.0. The molecule has 0 radical (unpaired) electrons. The van der Waals surface area contributed by atoms with Gasteiger partial charge in [0.2, 0.25) is 0 Å². The first-order valence-corrected chi connectivity index (χ1v) is 8.45. The van der Waals surface area contributed by atoms with E-state index in [1.165, 1.54) is 0 Å². The van der Waals surface area contributed by atoms with Crippen molar-refractivity contribution in [2.75, 3.05) is 0 Å². The molecule has 132 valence electrons. The highest BCUT2D eigenvalue weighted by molar-refractivity contribution is 5.95. The molecule has 0 amide bonds. The summed E-state index contributed by atoms with van der Waals surface area (Å²) in [6.07, 6.45) is 12.3. The summed E-state index contributed by atoms with van der Waals surface area (Å²) in [5.41, 5.74) is 0. The number of carboxylic acid groups (broad SMARTS) is 1. The smallest absolute Gasteiger partial charge is 0.303 e. The van der Waals surface area contributed by atoms with Crippen molar-refractivity contribution in [2.24, 2.45) is 11.8 Å². The lowest BCUT2D eigenvalue weighted by Crippen LogP contribution is -2.14. The van der Waals surface area contributed by atoms with Gasteiger partial charge < -0.3 is 10.2 Å². The first kappa shape index (κ1) is 16.9. The van der Waals surface area contributed by atoms with E-state index in [0.717, 1.165) is 0 Å². The molecule has 3 atom stereocenters.